The molecule has 14 aromatic rings. The molecule has 328 valence electrons. The Morgan fingerprint density at radius 3 is 1.44 bits per heavy atom. The molecular weight excluding hydrogens is 881 g/mol. The average molecular weight is 925 g/mol. The molecule has 0 aliphatic rings. The summed E-state index contributed by atoms with van der Waals surface area (Å²) in [5.41, 5.74) is 11.9. The van der Waals surface area contributed by atoms with Crippen LogP contribution in [0.25, 0.3) is 97.4 Å². The molecule has 3 heterocycles. The molecule has 4 heteroatoms. The smallest absolute Gasteiger partial charge is 0.179 e. The predicted octanol–water partition coefficient (Wildman–Crippen LogP) is 15.0. The minimum absolute atomic E-state index is 1.14. The van der Waals surface area contributed by atoms with Crippen molar-refractivity contribution < 1.29 is 0 Å². The Balaban J connectivity index is 0.979. The molecule has 0 saturated heterocycles. The van der Waals surface area contributed by atoms with E-state index in [4.69, 9.17) is 0 Å². The first-order valence-corrected chi connectivity index (χ1v) is 26.9. The molecule has 0 fully saturated rings. The average Bonchev–Trinajstić information content (AvgIpc) is 4.09. The summed E-state index contributed by atoms with van der Waals surface area (Å²) in [5, 5.41) is 13.0. The third-order valence-electron chi connectivity index (χ3n) is 14.7. The van der Waals surface area contributed by atoms with E-state index in [0.717, 1.165) is 11.4 Å². The third kappa shape index (κ3) is 6.31. The maximum absolute atomic E-state index is 2.77. The number of hydrogen-bond acceptors (Lipinski definition) is 1. The summed E-state index contributed by atoms with van der Waals surface area (Å²) in [6.07, 6.45) is 0. The van der Waals surface area contributed by atoms with Crippen molar-refractivity contribution in [1.82, 2.24) is 9.13 Å². The van der Waals surface area contributed by atoms with Gasteiger partial charge in [0.15, 0.2) is 8.07 Å². The maximum Gasteiger partial charge on any atom is 0.179 e. The lowest BCUT2D eigenvalue weighted by Crippen LogP contribution is -2.74. The predicted molar refractivity (Wildman–Crippen MR) is 302 cm³/mol. The number of thiophene rings is 1. The van der Waals surface area contributed by atoms with Crippen molar-refractivity contribution in [3.05, 3.63) is 267 Å². The topological polar surface area (TPSA) is 9.86 Å². The zero-order valence-electron chi connectivity index (χ0n) is 38.2. The number of rotatable bonds is 8. The summed E-state index contributed by atoms with van der Waals surface area (Å²) in [4.78, 5) is 0. The van der Waals surface area contributed by atoms with Gasteiger partial charge < -0.3 is 9.13 Å². The fraction of sp³-hybridized carbons (Fsp3) is 0. The first-order valence-electron chi connectivity index (χ1n) is 24.1. The van der Waals surface area contributed by atoms with E-state index in [0.29, 0.717) is 0 Å². The lowest BCUT2D eigenvalue weighted by Gasteiger charge is -2.34. The highest BCUT2D eigenvalue weighted by molar-refractivity contribution is 7.25. The van der Waals surface area contributed by atoms with E-state index >= 15 is 0 Å². The zero-order chi connectivity index (χ0) is 46.2. The SMILES string of the molecule is c1ccc(-c2ccc3c(c2)c2ccc(-c4ccc5sc6ccccc6c5c4)cc2n3-c2ccc3c(c2)c2ccccc2n3-c2cccc([Si](c3ccccc3)(c3ccccc3)c3ccccc3)c2)cc1. The Morgan fingerprint density at radius 1 is 0.243 bits per heavy atom. The van der Waals surface area contributed by atoms with Gasteiger partial charge in [0.25, 0.3) is 0 Å². The number of hydrogen-bond donors (Lipinski definition) is 0. The molecule has 0 N–H and O–H groups in total. The van der Waals surface area contributed by atoms with Crippen LogP contribution in [0.5, 0.6) is 0 Å². The maximum atomic E-state index is 2.49. The molecule has 14 rings (SSSR count). The Bertz CT molecular complexity index is 4190. The number of fused-ring (bicyclic) bond motifs is 9. The summed E-state index contributed by atoms with van der Waals surface area (Å²) < 4.78 is 7.62. The van der Waals surface area contributed by atoms with Crippen molar-refractivity contribution in [2.45, 2.75) is 0 Å². The van der Waals surface area contributed by atoms with Crippen molar-refractivity contribution >= 4 is 104 Å². The van der Waals surface area contributed by atoms with Gasteiger partial charge >= 0.3 is 0 Å². The van der Waals surface area contributed by atoms with Crippen LogP contribution in [0.15, 0.2) is 267 Å². The first kappa shape index (κ1) is 40.5. The molecule has 0 aliphatic carbocycles. The Labute approximate surface area is 411 Å². The van der Waals surface area contributed by atoms with Crippen molar-refractivity contribution in [3.63, 3.8) is 0 Å². The summed E-state index contributed by atoms with van der Waals surface area (Å²) in [7, 11) is -2.77. The van der Waals surface area contributed by atoms with Gasteiger partial charge in [-0.2, -0.15) is 0 Å². The van der Waals surface area contributed by atoms with E-state index < -0.39 is 8.07 Å². The van der Waals surface area contributed by atoms with Gasteiger partial charge in [-0.15, -0.1) is 11.3 Å². The van der Waals surface area contributed by atoms with E-state index in [1.165, 1.54) is 107 Å². The molecule has 0 aliphatic heterocycles. The zero-order valence-corrected chi connectivity index (χ0v) is 40.0. The van der Waals surface area contributed by atoms with E-state index in [9.17, 15) is 0 Å². The van der Waals surface area contributed by atoms with Gasteiger partial charge in [0.2, 0.25) is 0 Å². The van der Waals surface area contributed by atoms with Gasteiger partial charge in [0.05, 0.1) is 22.1 Å². The number of para-hydroxylation sites is 1. The second kappa shape index (κ2) is 16.3. The van der Waals surface area contributed by atoms with Crippen molar-refractivity contribution in [2.24, 2.45) is 0 Å². The number of benzene rings is 11. The Kier molecular flexibility index (Phi) is 9.44. The highest BCUT2D eigenvalue weighted by Gasteiger charge is 2.41. The van der Waals surface area contributed by atoms with Gasteiger partial charge in [-0.1, -0.05) is 194 Å². The molecule has 0 spiro atoms. The van der Waals surface area contributed by atoms with E-state index in [1.807, 2.05) is 11.3 Å². The lowest BCUT2D eigenvalue weighted by molar-refractivity contribution is 1.17. The largest absolute Gasteiger partial charge is 0.309 e. The molecule has 2 nitrogen and oxygen atoms in total. The van der Waals surface area contributed by atoms with E-state index in [-0.39, 0.29) is 0 Å². The molecule has 0 bridgehead atoms. The van der Waals surface area contributed by atoms with Crippen LogP contribution < -0.4 is 20.7 Å². The van der Waals surface area contributed by atoms with Gasteiger partial charge in [-0.3, -0.25) is 0 Å². The lowest BCUT2D eigenvalue weighted by atomic mass is 10.00. The van der Waals surface area contributed by atoms with Crippen LogP contribution in [-0.2, 0) is 0 Å². The second-order valence-corrected chi connectivity index (χ2v) is 23.3. The summed E-state index contributed by atoms with van der Waals surface area (Å²) >= 11 is 1.87. The molecule has 3 aromatic heterocycles. The quantitative estimate of drug-likeness (QED) is 0.106. The molecule has 0 amide bonds. The number of nitrogens with zero attached hydrogens (tertiary/aromatic N) is 2. The van der Waals surface area contributed by atoms with E-state index in [1.54, 1.807) is 0 Å². The highest BCUT2D eigenvalue weighted by atomic mass is 32.1. The highest BCUT2D eigenvalue weighted by Crippen LogP contribution is 2.41. The van der Waals surface area contributed by atoms with Crippen LogP contribution in [0, 0.1) is 0 Å². The summed E-state index contributed by atoms with van der Waals surface area (Å²) in [6.45, 7) is 0. The van der Waals surface area contributed by atoms with Crippen molar-refractivity contribution in [2.75, 3.05) is 0 Å². The molecular formula is C66H44N2SSi. The normalized spacial score (nSPS) is 12.0. The third-order valence-corrected chi connectivity index (χ3v) is 20.6. The van der Waals surface area contributed by atoms with Gasteiger partial charge in [-0.05, 0) is 116 Å². The van der Waals surface area contributed by atoms with Crippen LogP contribution in [-0.4, -0.2) is 17.2 Å². The second-order valence-electron chi connectivity index (χ2n) is 18.4. The van der Waals surface area contributed by atoms with Crippen molar-refractivity contribution in [3.8, 4) is 33.6 Å². The van der Waals surface area contributed by atoms with Gasteiger partial charge in [0.1, 0.15) is 0 Å². The van der Waals surface area contributed by atoms with Crippen LogP contribution in [0.1, 0.15) is 0 Å². The van der Waals surface area contributed by atoms with Gasteiger partial charge in [0, 0.05) is 53.1 Å². The van der Waals surface area contributed by atoms with Crippen LogP contribution >= 0.6 is 11.3 Å². The summed E-state index contributed by atoms with van der Waals surface area (Å²) in [5.74, 6) is 0. The molecule has 0 saturated carbocycles. The van der Waals surface area contributed by atoms with Crippen LogP contribution in [0.4, 0.5) is 0 Å². The standard InChI is InChI=1S/C66H44N2SSi/c1-5-18-45(19-6-1)46-33-37-62-58(40-46)56-36-32-48(47-34-39-66-60(41-47)57-29-14-16-31-65(57)69-66)42-64(56)68(62)50-35-38-63-59(44-50)55-28-13-15-30-61(55)67(63)49-20-17-27-54(43-49)70(51-21-7-2-8-22-51,52-23-9-3-10-24-52)53-25-11-4-12-26-53/h1-44H. The molecule has 11 aromatic carbocycles. The van der Waals surface area contributed by atoms with Crippen molar-refractivity contribution in [1.29, 1.82) is 0 Å². The monoisotopic (exact) mass is 924 g/mol. The van der Waals surface area contributed by atoms with Crippen LogP contribution in [0.2, 0.25) is 0 Å². The van der Waals surface area contributed by atoms with Crippen LogP contribution in [0.3, 0.4) is 0 Å². The van der Waals surface area contributed by atoms with E-state index in [2.05, 4.69) is 276 Å². The Morgan fingerprint density at radius 2 is 0.714 bits per heavy atom. The fourth-order valence-corrected chi connectivity index (χ4v) is 17.4. The van der Waals surface area contributed by atoms with Gasteiger partial charge in [-0.25, -0.2) is 0 Å². The minimum atomic E-state index is -2.77. The fourth-order valence-electron chi connectivity index (χ4n) is 11.5. The minimum Gasteiger partial charge on any atom is -0.309 e. The molecule has 70 heavy (non-hydrogen) atoms. The summed E-state index contributed by atoms with van der Waals surface area (Å²) in [6, 6.07) is 99.6. The molecule has 0 unspecified atom stereocenters. The molecule has 0 radical (unpaired) electrons. The first-order chi connectivity index (χ1) is 34.7. The number of aromatic nitrogens is 2. The molecule has 0 atom stereocenters. The Hall–Kier alpha value is -8.54.